The number of hydrogen-bond acceptors (Lipinski definition) is 5. The monoisotopic (exact) mass is 423 g/mol. The van der Waals surface area contributed by atoms with E-state index in [1.165, 1.54) is 19.3 Å². The molecular weight excluding hydrogens is 386 g/mol. The Hall–Kier alpha value is -2.28. The third-order valence-electron chi connectivity index (χ3n) is 5.01. The number of benzene rings is 1. The van der Waals surface area contributed by atoms with Crippen molar-refractivity contribution in [3.8, 4) is 11.5 Å². The molecule has 0 aliphatic rings. The number of ether oxygens (including phenoxy) is 2. The van der Waals surface area contributed by atoms with Gasteiger partial charge in [-0.3, -0.25) is 9.59 Å². The second-order valence-electron chi connectivity index (χ2n) is 7.65. The van der Waals surface area contributed by atoms with Gasteiger partial charge in [0, 0.05) is 0 Å². The van der Waals surface area contributed by atoms with E-state index in [2.05, 4.69) is 6.92 Å². The molecule has 0 heterocycles. The van der Waals surface area contributed by atoms with E-state index in [4.69, 9.17) is 20.3 Å². The number of hydrogen-bond donors (Lipinski definition) is 3. The Kier molecular flexibility index (Phi) is 13.3. The molecule has 1 aromatic rings. The van der Waals surface area contributed by atoms with Crippen LogP contribution in [0.25, 0.3) is 0 Å². The second-order valence-corrected chi connectivity index (χ2v) is 7.65. The summed E-state index contributed by atoms with van der Waals surface area (Å²) < 4.78 is 11.4. The molecule has 0 radical (unpaired) electrons. The topological polar surface area (TPSA) is 119 Å². The first-order valence-corrected chi connectivity index (χ1v) is 11.0. The Balaban J connectivity index is 2.13. The maximum absolute atomic E-state index is 11.2. The van der Waals surface area contributed by atoms with Crippen molar-refractivity contribution in [2.24, 2.45) is 11.7 Å². The van der Waals surface area contributed by atoms with Crippen LogP contribution in [0, 0.1) is 5.92 Å². The Labute approximate surface area is 179 Å². The van der Waals surface area contributed by atoms with E-state index >= 15 is 0 Å². The van der Waals surface area contributed by atoms with E-state index in [-0.39, 0.29) is 6.42 Å². The zero-order chi connectivity index (χ0) is 22.2. The van der Waals surface area contributed by atoms with Gasteiger partial charge in [0.1, 0.15) is 17.5 Å². The Morgan fingerprint density at radius 2 is 1.33 bits per heavy atom. The van der Waals surface area contributed by atoms with Crippen molar-refractivity contribution in [2.45, 2.75) is 77.2 Å². The summed E-state index contributed by atoms with van der Waals surface area (Å²) in [6.45, 7) is 3.53. The Bertz CT molecular complexity index is 604. The highest BCUT2D eigenvalue weighted by Crippen LogP contribution is 2.19. The van der Waals surface area contributed by atoms with Crippen molar-refractivity contribution in [3.05, 3.63) is 24.3 Å². The number of carbonyl (C=O) groups is 2. The number of rotatable bonds is 18. The molecule has 30 heavy (non-hydrogen) atoms. The lowest BCUT2D eigenvalue weighted by Crippen LogP contribution is -2.34. The van der Waals surface area contributed by atoms with Gasteiger partial charge in [-0.25, -0.2) is 0 Å². The van der Waals surface area contributed by atoms with Gasteiger partial charge in [0.25, 0.3) is 0 Å². The van der Waals surface area contributed by atoms with Gasteiger partial charge in [-0.1, -0.05) is 45.4 Å². The maximum Gasteiger partial charge on any atom is 0.320 e. The Morgan fingerprint density at radius 3 is 1.80 bits per heavy atom. The lowest BCUT2D eigenvalue weighted by Gasteiger charge is -2.14. The van der Waals surface area contributed by atoms with Crippen LogP contribution in [0.15, 0.2) is 24.3 Å². The standard InChI is InChI=1S/C23H37NO6/c1-2-3-4-8-15-29-19-11-13-20(14-12-19)30-16-9-6-5-7-10-18(22(25)26)17-21(24)23(27)28/h11-14,18,21H,2-10,15-17,24H2,1H3,(H,25,26)(H,27,28)/t18?,21-/m0/s1. The van der Waals surface area contributed by atoms with Crippen molar-refractivity contribution < 1.29 is 29.3 Å². The van der Waals surface area contributed by atoms with Gasteiger partial charge in [0.15, 0.2) is 0 Å². The van der Waals surface area contributed by atoms with Crippen LogP contribution < -0.4 is 15.2 Å². The molecule has 0 saturated carbocycles. The van der Waals surface area contributed by atoms with E-state index in [1.54, 1.807) is 0 Å². The van der Waals surface area contributed by atoms with Gasteiger partial charge in [0.05, 0.1) is 19.1 Å². The normalized spacial score (nSPS) is 12.9. The van der Waals surface area contributed by atoms with Gasteiger partial charge in [-0.15, -0.1) is 0 Å². The van der Waals surface area contributed by atoms with Crippen LogP contribution in [-0.2, 0) is 9.59 Å². The molecule has 4 N–H and O–H groups in total. The maximum atomic E-state index is 11.2. The predicted molar refractivity (Wildman–Crippen MR) is 116 cm³/mol. The van der Waals surface area contributed by atoms with Gasteiger partial charge in [0.2, 0.25) is 0 Å². The number of aliphatic carboxylic acids is 2. The number of unbranched alkanes of at least 4 members (excludes halogenated alkanes) is 6. The molecule has 0 amide bonds. The summed E-state index contributed by atoms with van der Waals surface area (Å²) in [5, 5.41) is 18.0. The van der Waals surface area contributed by atoms with Crippen molar-refractivity contribution in [1.29, 1.82) is 0 Å². The molecule has 170 valence electrons. The molecule has 0 saturated heterocycles. The van der Waals surface area contributed by atoms with E-state index < -0.39 is 23.9 Å². The highest BCUT2D eigenvalue weighted by molar-refractivity contribution is 5.75. The molecule has 0 fully saturated rings. The third-order valence-corrected chi connectivity index (χ3v) is 5.01. The highest BCUT2D eigenvalue weighted by atomic mass is 16.5. The SMILES string of the molecule is CCCCCCOc1ccc(OCCCCCCC(C[C@H](N)C(=O)O)C(=O)O)cc1. The van der Waals surface area contributed by atoms with E-state index in [9.17, 15) is 14.7 Å². The predicted octanol–water partition coefficient (Wildman–Crippen LogP) is 4.48. The van der Waals surface area contributed by atoms with E-state index in [0.717, 1.165) is 50.2 Å². The van der Waals surface area contributed by atoms with Gasteiger partial charge in [-0.05, 0) is 49.9 Å². The largest absolute Gasteiger partial charge is 0.494 e. The van der Waals surface area contributed by atoms with Crippen LogP contribution in [-0.4, -0.2) is 41.4 Å². The first-order chi connectivity index (χ1) is 14.4. The smallest absolute Gasteiger partial charge is 0.320 e. The molecule has 7 heteroatoms. The summed E-state index contributed by atoms with van der Waals surface area (Å²) in [5.41, 5.74) is 5.44. The fourth-order valence-electron chi connectivity index (χ4n) is 3.14. The minimum atomic E-state index is -1.16. The lowest BCUT2D eigenvalue weighted by atomic mass is 9.94. The highest BCUT2D eigenvalue weighted by Gasteiger charge is 2.23. The molecule has 1 rings (SSSR count). The molecule has 0 bridgehead atoms. The third kappa shape index (κ3) is 11.7. The van der Waals surface area contributed by atoms with Gasteiger partial charge < -0.3 is 25.4 Å². The van der Waals surface area contributed by atoms with Crippen LogP contribution in [0.5, 0.6) is 11.5 Å². The van der Waals surface area contributed by atoms with E-state index in [1.807, 2.05) is 24.3 Å². The van der Waals surface area contributed by atoms with Crippen LogP contribution >= 0.6 is 0 Å². The van der Waals surface area contributed by atoms with Gasteiger partial charge in [-0.2, -0.15) is 0 Å². The molecule has 2 atom stereocenters. The van der Waals surface area contributed by atoms with Crippen molar-refractivity contribution in [2.75, 3.05) is 13.2 Å². The van der Waals surface area contributed by atoms with Crippen LogP contribution in [0.4, 0.5) is 0 Å². The fraction of sp³-hybridized carbons (Fsp3) is 0.652. The molecule has 1 unspecified atom stereocenters. The first kappa shape index (κ1) is 25.8. The zero-order valence-electron chi connectivity index (χ0n) is 18.1. The minimum absolute atomic E-state index is 0.0355. The van der Waals surface area contributed by atoms with Crippen molar-refractivity contribution >= 4 is 11.9 Å². The quantitative estimate of drug-likeness (QED) is 0.298. The fourth-order valence-corrected chi connectivity index (χ4v) is 3.14. The molecule has 0 spiro atoms. The lowest BCUT2D eigenvalue weighted by molar-refractivity contribution is -0.143. The summed E-state index contributed by atoms with van der Waals surface area (Å²) in [4.78, 5) is 22.0. The molecule has 0 aromatic heterocycles. The first-order valence-electron chi connectivity index (χ1n) is 11.0. The zero-order valence-corrected chi connectivity index (χ0v) is 18.1. The van der Waals surface area contributed by atoms with E-state index in [0.29, 0.717) is 13.0 Å². The van der Waals surface area contributed by atoms with Crippen LogP contribution in [0.3, 0.4) is 0 Å². The molecule has 0 aliphatic carbocycles. The number of carboxylic acid groups (broad SMARTS) is 2. The summed E-state index contributed by atoms with van der Waals surface area (Å²) >= 11 is 0. The molecule has 1 aromatic carbocycles. The van der Waals surface area contributed by atoms with Crippen molar-refractivity contribution in [3.63, 3.8) is 0 Å². The summed E-state index contributed by atoms with van der Waals surface area (Å²) in [6, 6.07) is 6.53. The summed E-state index contributed by atoms with van der Waals surface area (Å²) in [7, 11) is 0. The Morgan fingerprint density at radius 1 is 0.833 bits per heavy atom. The van der Waals surface area contributed by atoms with Crippen molar-refractivity contribution in [1.82, 2.24) is 0 Å². The molecular formula is C23H37NO6. The second kappa shape index (κ2) is 15.5. The molecule has 7 nitrogen and oxygen atoms in total. The minimum Gasteiger partial charge on any atom is -0.494 e. The number of carboxylic acids is 2. The van der Waals surface area contributed by atoms with Gasteiger partial charge >= 0.3 is 11.9 Å². The van der Waals surface area contributed by atoms with Crippen LogP contribution in [0.2, 0.25) is 0 Å². The summed E-state index contributed by atoms with van der Waals surface area (Å²) in [5.74, 6) is -1.19. The summed E-state index contributed by atoms with van der Waals surface area (Å²) in [6.07, 6.45) is 8.55. The average molecular weight is 424 g/mol. The molecule has 0 aliphatic heterocycles. The number of nitrogens with two attached hydrogens (primary N) is 1. The van der Waals surface area contributed by atoms with Crippen LogP contribution in [0.1, 0.15) is 71.1 Å². The average Bonchev–Trinajstić information content (AvgIpc) is 2.72.